The summed E-state index contributed by atoms with van der Waals surface area (Å²) in [6.07, 6.45) is 3.07. The van der Waals surface area contributed by atoms with E-state index >= 15 is 0 Å². The van der Waals surface area contributed by atoms with Crippen molar-refractivity contribution in [3.8, 4) is 0 Å². The molecular weight excluding hydrogens is 192 g/mol. The minimum atomic E-state index is -0.122. The summed E-state index contributed by atoms with van der Waals surface area (Å²) in [5, 5.41) is 3.40. The minimum Gasteiger partial charge on any atom is -0.469 e. The van der Waals surface area contributed by atoms with Gasteiger partial charge in [0.05, 0.1) is 13.5 Å². The topological polar surface area (TPSA) is 41.6 Å². The third kappa shape index (κ3) is 5.14. The number of hydrogen-bond acceptors (Lipinski definition) is 4. The van der Waals surface area contributed by atoms with Crippen LogP contribution in [0.25, 0.3) is 0 Å². The van der Waals surface area contributed by atoms with Crippen LogP contribution in [0.2, 0.25) is 0 Å². The monoisotopic (exact) mass is 214 g/mol. The van der Waals surface area contributed by atoms with Crippen molar-refractivity contribution in [2.24, 2.45) is 5.92 Å². The standard InChI is InChI=1S/C11H22N2O2/c1-13(7-5-11(14)15-2)9-10-4-3-6-12-8-10/h10,12H,3-9H2,1-2H3. The molecule has 0 radical (unpaired) electrons. The van der Waals surface area contributed by atoms with Gasteiger partial charge >= 0.3 is 5.97 Å². The van der Waals surface area contributed by atoms with E-state index in [1.54, 1.807) is 0 Å². The molecule has 1 atom stereocenters. The van der Waals surface area contributed by atoms with E-state index in [4.69, 9.17) is 0 Å². The highest BCUT2D eigenvalue weighted by atomic mass is 16.5. The molecule has 1 aliphatic rings. The first-order valence-corrected chi connectivity index (χ1v) is 5.68. The summed E-state index contributed by atoms with van der Waals surface area (Å²) >= 11 is 0. The van der Waals surface area contributed by atoms with E-state index in [2.05, 4.69) is 22.0 Å². The molecule has 4 heteroatoms. The maximum Gasteiger partial charge on any atom is 0.306 e. The molecule has 0 amide bonds. The summed E-state index contributed by atoms with van der Waals surface area (Å²) < 4.78 is 4.61. The minimum absolute atomic E-state index is 0.122. The molecule has 15 heavy (non-hydrogen) atoms. The van der Waals surface area contributed by atoms with Gasteiger partial charge in [0.1, 0.15) is 0 Å². The van der Waals surface area contributed by atoms with Gasteiger partial charge in [0.15, 0.2) is 0 Å². The molecule has 0 saturated carbocycles. The Morgan fingerprint density at radius 3 is 3.00 bits per heavy atom. The van der Waals surface area contributed by atoms with Crippen LogP contribution in [0.5, 0.6) is 0 Å². The Morgan fingerprint density at radius 1 is 1.60 bits per heavy atom. The van der Waals surface area contributed by atoms with E-state index < -0.39 is 0 Å². The fraction of sp³-hybridized carbons (Fsp3) is 0.909. The van der Waals surface area contributed by atoms with Crippen molar-refractivity contribution in [1.29, 1.82) is 0 Å². The zero-order chi connectivity index (χ0) is 11.1. The third-order valence-corrected chi connectivity index (χ3v) is 2.89. The predicted molar refractivity (Wildman–Crippen MR) is 59.7 cm³/mol. The van der Waals surface area contributed by atoms with E-state index in [0.29, 0.717) is 6.42 Å². The average molecular weight is 214 g/mol. The van der Waals surface area contributed by atoms with Crippen LogP contribution in [0, 0.1) is 5.92 Å². The van der Waals surface area contributed by atoms with Crippen molar-refractivity contribution in [3.05, 3.63) is 0 Å². The molecule has 1 fully saturated rings. The van der Waals surface area contributed by atoms with Gasteiger partial charge in [0, 0.05) is 13.1 Å². The summed E-state index contributed by atoms with van der Waals surface area (Å²) in [7, 11) is 3.50. The average Bonchev–Trinajstić information content (AvgIpc) is 2.27. The molecule has 1 rings (SSSR count). The summed E-state index contributed by atoms with van der Waals surface area (Å²) in [4.78, 5) is 13.2. The second kappa shape index (κ2) is 6.80. The number of carbonyl (C=O) groups excluding carboxylic acids is 1. The van der Waals surface area contributed by atoms with Gasteiger partial charge in [0.2, 0.25) is 0 Å². The van der Waals surface area contributed by atoms with E-state index in [1.165, 1.54) is 20.0 Å². The van der Waals surface area contributed by atoms with E-state index in [0.717, 1.165) is 32.1 Å². The largest absolute Gasteiger partial charge is 0.469 e. The Balaban J connectivity index is 2.11. The lowest BCUT2D eigenvalue weighted by atomic mass is 9.99. The molecule has 4 nitrogen and oxygen atoms in total. The van der Waals surface area contributed by atoms with Crippen LogP contribution in [0.3, 0.4) is 0 Å². The van der Waals surface area contributed by atoms with Crippen molar-refractivity contribution < 1.29 is 9.53 Å². The lowest BCUT2D eigenvalue weighted by Crippen LogP contribution is -2.37. The summed E-state index contributed by atoms with van der Waals surface area (Å²) in [6, 6.07) is 0. The normalized spacial score (nSPS) is 21.7. The van der Waals surface area contributed by atoms with Gasteiger partial charge in [-0.05, 0) is 38.9 Å². The molecule has 0 bridgehead atoms. The van der Waals surface area contributed by atoms with Gasteiger partial charge in [-0.25, -0.2) is 0 Å². The fourth-order valence-corrected chi connectivity index (χ4v) is 2.00. The predicted octanol–water partition coefficient (Wildman–Crippen LogP) is 0.481. The number of nitrogens with zero attached hydrogens (tertiary/aromatic N) is 1. The Labute approximate surface area is 92.0 Å². The molecule has 1 unspecified atom stereocenters. The number of carbonyl (C=O) groups is 1. The highest BCUT2D eigenvalue weighted by Gasteiger charge is 2.15. The first kappa shape index (κ1) is 12.5. The van der Waals surface area contributed by atoms with E-state index in [9.17, 15) is 4.79 Å². The molecule has 1 N–H and O–H groups in total. The SMILES string of the molecule is COC(=O)CCN(C)CC1CCCNC1. The number of rotatable bonds is 5. The van der Waals surface area contributed by atoms with Crippen molar-refractivity contribution in [3.63, 3.8) is 0 Å². The van der Waals surface area contributed by atoms with Crippen LogP contribution in [0.1, 0.15) is 19.3 Å². The van der Waals surface area contributed by atoms with Gasteiger partial charge in [-0.2, -0.15) is 0 Å². The van der Waals surface area contributed by atoms with Crippen molar-refractivity contribution in [2.45, 2.75) is 19.3 Å². The number of nitrogens with one attached hydrogen (secondary N) is 1. The molecule has 0 spiro atoms. The zero-order valence-corrected chi connectivity index (χ0v) is 9.79. The molecule has 1 heterocycles. The fourth-order valence-electron chi connectivity index (χ4n) is 2.00. The lowest BCUT2D eigenvalue weighted by Gasteiger charge is -2.27. The summed E-state index contributed by atoms with van der Waals surface area (Å²) in [5.74, 6) is 0.616. The third-order valence-electron chi connectivity index (χ3n) is 2.89. The molecule has 1 aliphatic heterocycles. The van der Waals surface area contributed by atoms with Gasteiger partial charge in [-0.1, -0.05) is 0 Å². The molecule has 88 valence electrons. The number of piperidine rings is 1. The summed E-state index contributed by atoms with van der Waals surface area (Å²) in [5.41, 5.74) is 0. The number of ether oxygens (including phenoxy) is 1. The van der Waals surface area contributed by atoms with Crippen molar-refractivity contribution in [1.82, 2.24) is 10.2 Å². The van der Waals surface area contributed by atoms with Gasteiger partial charge in [0.25, 0.3) is 0 Å². The molecule has 0 aromatic carbocycles. The highest BCUT2D eigenvalue weighted by molar-refractivity contribution is 5.69. The van der Waals surface area contributed by atoms with Crippen LogP contribution < -0.4 is 5.32 Å². The maximum absolute atomic E-state index is 10.9. The van der Waals surface area contributed by atoms with E-state index in [-0.39, 0.29) is 5.97 Å². The maximum atomic E-state index is 10.9. The quantitative estimate of drug-likeness (QED) is 0.676. The second-order valence-electron chi connectivity index (χ2n) is 4.30. The van der Waals surface area contributed by atoms with Crippen LogP contribution in [-0.2, 0) is 9.53 Å². The lowest BCUT2D eigenvalue weighted by molar-refractivity contribution is -0.140. The van der Waals surface area contributed by atoms with Crippen LogP contribution in [0.4, 0.5) is 0 Å². The van der Waals surface area contributed by atoms with Crippen molar-refractivity contribution >= 4 is 5.97 Å². The van der Waals surface area contributed by atoms with Crippen molar-refractivity contribution in [2.75, 3.05) is 40.3 Å². The van der Waals surface area contributed by atoms with Crippen LogP contribution >= 0.6 is 0 Å². The number of methoxy groups -OCH3 is 1. The molecule has 0 aromatic rings. The van der Waals surface area contributed by atoms with Gasteiger partial charge in [-0.15, -0.1) is 0 Å². The highest BCUT2D eigenvalue weighted by Crippen LogP contribution is 2.10. The zero-order valence-electron chi connectivity index (χ0n) is 9.79. The van der Waals surface area contributed by atoms with Gasteiger partial charge in [-0.3, -0.25) is 4.79 Å². The van der Waals surface area contributed by atoms with E-state index in [1.807, 2.05) is 0 Å². The Bertz CT molecular complexity index is 191. The Morgan fingerprint density at radius 2 is 2.40 bits per heavy atom. The summed E-state index contributed by atoms with van der Waals surface area (Å²) in [6.45, 7) is 4.14. The smallest absolute Gasteiger partial charge is 0.306 e. The number of hydrogen-bond donors (Lipinski definition) is 1. The second-order valence-corrected chi connectivity index (χ2v) is 4.30. The first-order chi connectivity index (χ1) is 7.22. The van der Waals surface area contributed by atoms with Crippen LogP contribution in [0.15, 0.2) is 0 Å². The van der Waals surface area contributed by atoms with Gasteiger partial charge < -0.3 is 15.0 Å². The number of esters is 1. The first-order valence-electron chi connectivity index (χ1n) is 5.68. The molecule has 0 aliphatic carbocycles. The molecular formula is C11H22N2O2. The Kier molecular flexibility index (Phi) is 5.65. The Hall–Kier alpha value is -0.610. The van der Waals surface area contributed by atoms with Crippen LogP contribution in [-0.4, -0.2) is 51.2 Å². The molecule has 1 saturated heterocycles. The molecule has 0 aromatic heterocycles.